The molecule has 2 aliphatic rings. The number of hydrogen-bond acceptors (Lipinski definition) is 9. The van der Waals surface area contributed by atoms with E-state index in [0.717, 1.165) is 55.0 Å². The second-order valence-electron chi connectivity index (χ2n) is 7.60. The highest BCUT2D eigenvalue weighted by atomic mass is 32.2. The quantitative estimate of drug-likeness (QED) is 0.613. The molecule has 12 heteroatoms. The Morgan fingerprint density at radius 2 is 1.81 bits per heavy atom. The Labute approximate surface area is 189 Å². The van der Waals surface area contributed by atoms with Crippen molar-refractivity contribution in [1.82, 2.24) is 18.8 Å². The number of fused-ring (bicyclic) bond motifs is 1. The van der Waals surface area contributed by atoms with Gasteiger partial charge < -0.3 is 9.64 Å². The summed E-state index contributed by atoms with van der Waals surface area (Å²) in [6.07, 6.45) is 5.12. The first-order chi connectivity index (χ1) is 14.9. The topological polar surface area (TPSA) is 110 Å². The largest absolute Gasteiger partial charge is 0.465 e. The lowest BCUT2D eigenvalue weighted by Gasteiger charge is -2.26. The molecule has 9 nitrogen and oxygen atoms in total. The fraction of sp³-hybridized carbons (Fsp3) is 0.579. The molecule has 0 aliphatic carbocycles. The molecule has 168 valence electrons. The number of thiophene rings is 1. The number of nitrogens with zero attached hydrogens (tertiary/aromatic N) is 4. The molecule has 0 unspecified atom stereocenters. The van der Waals surface area contributed by atoms with Gasteiger partial charge >= 0.3 is 5.97 Å². The van der Waals surface area contributed by atoms with Gasteiger partial charge in [-0.15, -0.1) is 16.4 Å². The number of carbonyl (C=O) groups excluding carboxylic acids is 2. The van der Waals surface area contributed by atoms with Crippen molar-refractivity contribution in [2.75, 3.05) is 26.7 Å². The number of ether oxygens (including phenoxy) is 1. The van der Waals surface area contributed by atoms with Crippen LogP contribution in [0.5, 0.6) is 0 Å². The van der Waals surface area contributed by atoms with Crippen LogP contribution in [-0.2, 0) is 27.7 Å². The minimum absolute atomic E-state index is 0.0366. The monoisotopic (exact) mass is 484 g/mol. The van der Waals surface area contributed by atoms with Gasteiger partial charge in [-0.2, -0.15) is 4.31 Å². The van der Waals surface area contributed by atoms with E-state index in [-0.39, 0.29) is 27.9 Å². The van der Waals surface area contributed by atoms with E-state index < -0.39 is 16.0 Å². The Hall–Kier alpha value is -1.89. The average molecular weight is 485 g/mol. The highest BCUT2D eigenvalue weighted by Crippen LogP contribution is 2.38. The molecular weight excluding hydrogens is 460 g/mol. The molecule has 0 bridgehead atoms. The third-order valence-corrected chi connectivity index (χ3v) is 9.79. The van der Waals surface area contributed by atoms with E-state index >= 15 is 0 Å². The highest BCUT2D eigenvalue weighted by Gasteiger charge is 2.37. The van der Waals surface area contributed by atoms with Crippen LogP contribution in [0.2, 0.25) is 0 Å². The summed E-state index contributed by atoms with van der Waals surface area (Å²) in [5, 5.41) is 5.42. The Kier molecular flexibility index (Phi) is 6.70. The maximum absolute atomic E-state index is 13.5. The maximum atomic E-state index is 13.5. The number of aromatic nitrogens is 2. The third-order valence-electron chi connectivity index (χ3n) is 5.67. The van der Waals surface area contributed by atoms with E-state index in [4.69, 9.17) is 4.74 Å². The fourth-order valence-electron chi connectivity index (χ4n) is 4.04. The van der Waals surface area contributed by atoms with E-state index in [1.165, 1.54) is 11.4 Å². The molecule has 2 aliphatic heterocycles. The van der Waals surface area contributed by atoms with Crippen LogP contribution in [0.15, 0.2) is 9.59 Å². The fourth-order valence-corrected chi connectivity index (χ4v) is 8.03. The van der Waals surface area contributed by atoms with Crippen LogP contribution >= 0.6 is 22.9 Å². The molecule has 0 saturated carbocycles. The molecule has 0 N–H and O–H groups in total. The number of methoxy groups -OCH3 is 1. The summed E-state index contributed by atoms with van der Waals surface area (Å²) in [6.45, 7) is 1.50. The third kappa shape index (κ3) is 4.38. The first-order valence-corrected chi connectivity index (χ1v) is 13.3. The first-order valence-electron chi connectivity index (χ1n) is 10.2. The summed E-state index contributed by atoms with van der Waals surface area (Å²) < 4.78 is 37.3. The number of hydrogen-bond donors (Lipinski definition) is 0. The van der Waals surface area contributed by atoms with Gasteiger partial charge in [0.1, 0.15) is 4.21 Å². The summed E-state index contributed by atoms with van der Waals surface area (Å²) >= 11 is 2.18. The van der Waals surface area contributed by atoms with Crippen LogP contribution < -0.4 is 0 Å². The zero-order valence-electron chi connectivity index (χ0n) is 17.2. The molecule has 0 aromatic carbocycles. The van der Waals surface area contributed by atoms with Crippen molar-refractivity contribution in [3.8, 4) is 0 Å². The summed E-state index contributed by atoms with van der Waals surface area (Å²) in [5.74, 6) is -0.896. The molecule has 0 spiro atoms. The van der Waals surface area contributed by atoms with Crippen LogP contribution in [-0.4, -0.2) is 65.8 Å². The summed E-state index contributed by atoms with van der Waals surface area (Å²) in [6, 6.07) is 0. The molecule has 4 heterocycles. The summed E-state index contributed by atoms with van der Waals surface area (Å²) in [5.41, 5.74) is 1.07. The Morgan fingerprint density at radius 1 is 1.10 bits per heavy atom. The van der Waals surface area contributed by atoms with E-state index in [2.05, 4.69) is 9.59 Å². The first kappa shape index (κ1) is 22.3. The Balaban J connectivity index is 1.69. The molecule has 2 aromatic rings. The molecule has 2 aromatic heterocycles. The summed E-state index contributed by atoms with van der Waals surface area (Å²) in [4.78, 5) is 27.6. The predicted molar refractivity (Wildman–Crippen MR) is 116 cm³/mol. The molecular formula is C19H24N4O5S3. The molecule has 4 rings (SSSR count). The van der Waals surface area contributed by atoms with Gasteiger partial charge in [-0.05, 0) is 36.4 Å². The second-order valence-corrected chi connectivity index (χ2v) is 11.4. The van der Waals surface area contributed by atoms with Gasteiger partial charge in [0.2, 0.25) is 0 Å². The van der Waals surface area contributed by atoms with Crippen molar-refractivity contribution in [2.45, 2.75) is 49.3 Å². The zero-order valence-corrected chi connectivity index (χ0v) is 19.7. The van der Waals surface area contributed by atoms with E-state index in [9.17, 15) is 18.0 Å². The minimum atomic E-state index is -3.84. The summed E-state index contributed by atoms with van der Waals surface area (Å²) in [7, 11) is -2.58. The maximum Gasteiger partial charge on any atom is 0.340 e. The number of sulfonamides is 1. The van der Waals surface area contributed by atoms with Gasteiger partial charge in [0.15, 0.2) is 5.69 Å². The lowest BCUT2D eigenvalue weighted by Crippen LogP contribution is -2.36. The number of amides is 1. The van der Waals surface area contributed by atoms with Crippen LogP contribution in [0, 0.1) is 0 Å². The predicted octanol–water partition coefficient (Wildman–Crippen LogP) is 2.54. The van der Waals surface area contributed by atoms with Gasteiger partial charge in [0.05, 0.1) is 19.2 Å². The smallest absolute Gasteiger partial charge is 0.340 e. The zero-order chi connectivity index (χ0) is 22.0. The van der Waals surface area contributed by atoms with Crippen LogP contribution in [0.25, 0.3) is 0 Å². The molecule has 1 amide bonds. The van der Waals surface area contributed by atoms with Crippen molar-refractivity contribution < 1.29 is 22.7 Å². The number of rotatable bonds is 4. The van der Waals surface area contributed by atoms with Crippen molar-refractivity contribution in [3.05, 3.63) is 27.1 Å². The molecule has 31 heavy (non-hydrogen) atoms. The van der Waals surface area contributed by atoms with Crippen LogP contribution in [0.3, 0.4) is 0 Å². The van der Waals surface area contributed by atoms with Gasteiger partial charge in [-0.1, -0.05) is 23.8 Å². The number of carbonyl (C=O) groups is 2. The molecule has 1 saturated heterocycles. The van der Waals surface area contributed by atoms with Crippen molar-refractivity contribution >= 4 is 44.8 Å². The lowest BCUT2D eigenvalue weighted by molar-refractivity contribution is 0.0595. The van der Waals surface area contributed by atoms with Crippen molar-refractivity contribution in [3.63, 3.8) is 0 Å². The molecule has 1 fully saturated rings. The van der Waals surface area contributed by atoms with E-state index in [0.29, 0.717) is 36.5 Å². The van der Waals surface area contributed by atoms with E-state index in [1.54, 1.807) is 10.3 Å². The Morgan fingerprint density at radius 3 is 2.45 bits per heavy atom. The van der Waals surface area contributed by atoms with Crippen LogP contribution in [0.1, 0.15) is 63.4 Å². The molecule has 0 radical (unpaired) electrons. The minimum Gasteiger partial charge on any atom is -0.465 e. The standard InChI is InChI=1S/C19H24N4O5S3/c1-28-18(25)16-13-7-10-22(17(24)14-12-29-21-20-14)11-15(13)30-19(16)31(26,27)23-8-5-3-2-4-6-9-23/h12H,2-11H2,1H3. The van der Waals surface area contributed by atoms with Crippen LogP contribution in [0.4, 0.5) is 0 Å². The lowest BCUT2D eigenvalue weighted by atomic mass is 10.0. The average Bonchev–Trinajstić information content (AvgIpc) is 3.40. The van der Waals surface area contributed by atoms with Crippen molar-refractivity contribution in [1.29, 1.82) is 0 Å². The van der Waals surface area contributed by atoms with Gasteiger partial charge in [0, 0.05) is 29.9 Å². The van der Waals surface area contributed by atoms with E-state index in [1.807, 2.05) is 0 Å². The SMILES string of the molecule is COC(=O)c1c(S(=O)(=O)N2CCCCCCC2)sc2c1CCN(C(=O)c1csnn1)C2. The van der Waals surface area contributed by atoms with Gasteiger partial charge in [-0.25, -0.2) is 13.2 Å². The van der Waals surface area contributed by atoms with Gasteiger partial charge in [0.25, 0.3) is 15.9 Å². The van der Waals surface area contributed by atoms with Gasteiger partial charge in [-0.3, -0.25) is 4.79 Å². The normalized spacial score (nSPS) is 18.2. The highest BCUT2D eigenvalue weighted by molar-refractivity contribution is 7.91. The van der Waals surface area contributed by atoms with Crippen molar-refractivity contribution in [2.24, 2.45) is 0 Å². The second kappa shape index (κ2) is 9.31. The number of esters is 1. The Bertz CT molecular complexity index is 1060. The molecule has 0 atom stereocenters.